The van der Waals surface area contributed by atoms with E-state index in [1.807, 2.05) is 0 Å². The monoisotopic (exact) mass is 656 g/mol. The lowest BCUT2D eigenvalue weighted by Crippen LogP contribution is -2.92. The largest absolute Gasteiger partial charge is 0.666 e. The molecule has 0 bridgehead atoms. The number of hydrogen-bond acceptors (Lipinski definition) is 0. The van der Waals surface area contributed by atoms with E-state index in [2.05, 4.69) is 0 Å². The molecule has 0 aromatic carbocycles. The molecule has 0 aliphatic heterocycles. The molecule has 0 aromatic rings. The van der Waals surface area contributed by atoms with Crippen LogP contribution in [0.25, 0.3) is 0 Å². The SMILES string of the molecule is FC(F)(F)C(F)(F)C(F)(F)C(F)(F)C(F)(F)[N+](F)(F)[Si](C(F)(F)F)(C(F)(F)F)C(F)(F)C(F)(F)C(F)(F)F. The van der Waals surface area contributed by atoms with Crippen LogP contribution in [-0.2, 0) is 0 Å². The summed E-state index contributed by atoms with van der Waals surface area (Å²) in [5, 5.41) is 0. The summed E-state index contributed by atoms with van der Waals surface area (Å²) < 4.78 is 328. The molecule has 0 aliphatic rings. The molecule has 28 heteroatoms. The first-order valence-corrected chi connectivity index (χ1v) is 9.52. The van der Waals surface area contributed by atoms with Crippen LogP contribution in [0.15, 0.2) is 0 Å². The quantitative estimate of drug-likeness (QED) is 0.112. The lowest BCUT2D eigenvalue weighted by Gasteiger charge is -2.45. The van der Waals surface area contributed by atoms with Gasteiger partial charge < -0.3 is 0 Å². The summed E-state index contributed by atoms with van der Waals surface area (Å²) in [4.78, 5) is 0. The number of nitrogens with zero attached hydrogens (tertiary/aromatic N) is 1. The number of rotatable bonds is 7. The molecule has 0 amide bonds. The summed E-state index contributed by atoms with van der Waals surface area (Å²) in [5.74, 6) is -55.9. The third kappa shape index (κ3) is 4.03. The maximum absolute atomic E-state index is 13.9. The van der Waals surface area contributed by atoms with Gasteiger partial charge in [-0.15, -0.1) is 8.78 Å². The molecule has 0 spiro atoms. The van der Waals surface area contributed by atoms with Gasteiger partial charge in [-0.2, -0.15) is 96.6 Å². The fourth-order valence-electron chi connectivity index (χ4n) is 2.37. The van der Waals surface area contributed by atoms with E-state index in [1.54, 1.807) is 0 Å². The molecule has 0 heterocycles. The van der Waals surface area contributed by atoms with Crippen molar-refractivity contribution in [2.24, 2.45) is 0 Å². The van der Waals surface area contributed by atoms with Gasteiger partial charge >= 0.3 is 67.5 Å². The highest BCUT2D eigenvalue weighted by Crippen LogP contribution is 2.68. The molecule has 0 aromatic heterocycles. The van der Waals surface area contributed by atoms with Crippen LogP contribution in [0.3, 0.4) is 0 Å². The predicted molar refractivity (Wildman–Crippen MR) is 62.1 cm³/mol. The number of quaternary nitrogens is 1. The first-order valence-electron chi connectivity index (χ1n) is 7.57. The van der Waals surface area contributed by atoms with Crippen molar-refractivity contribution in [1.29, 1.82) is 0 Å². The predicted octanol–water partition coefficient (Wildman–Crippen LogP) is 8.15. The normalized spacial score (nSPS) is 17.2. The maximum atomic E-state index is 13.9. The van der Waals surface area contributed by atoms with Crippen LogP contribution in [0.4, 0.5) is 114 Å². The molecular formula is C10F26NSi+. The van der Waals surface area contributed by atoms with Crippen molar-refractivity contribution in [1.82, 2.24) is 0 Å². The summed E-state index contributed by atoms with van der Waals surface area (Å²) in [5.41, 5.74) is -9.81. The molecule has 38 heavy (non-hydrogen) atoms. The van der Waals surface area contributed by atoms with Gasteiger partial charge in [-0.1, -0.05) is 0 Å². The topological polar surface area (TPSA) is 0 Å². The minimum atomic E-state index is -12.6. The van der Waals surface area contributed by atoms with E-state index in [1.165, 1.54) is 0 Å². The van der Waals surface area contributed by atoms with E-state index in [0.29, 0.717) is 0 Å². The summed E-state index contributed by atoms with van der Waals surface area (Å²) in [7, 11) is -12.6. The van der Waals surface area contributed by atoms with E-state index < -0.39 is 72.1 Å². The molecule has 0 aliphatic carbocycles. The van der Waals surface area contributed by atoms with Gasteiger partial charge in [-0.25, -0.2) is 0 Å². The van der Waals surface area contributed by atoms with Crippen molar-refractivity contribution in [3.05, 3.63) is 0 Å². The number of hydrogen-bond donors (Lipinski definition) is 0. The van der Waals surface area contributed by atoms with Gasteiger partial charge in [0.05, 0.1) is 4.59 Å². The van der Waals surface area contributed by atoms with Crippen LogP contribution < -0.4 is 0 Å². The second-order valence-electron chi connectivity index (χ2n) is 6.63. The number of halogens is 26. The molecule has 0 rings (SSSR count). The van der Waals surface area contributed by atoms with Gasteiger partial charge in [0, 0.05) is 8.96 Å². The minimum absolute atomic E-state index is 8.31. The lowest BCUT2D eigenvalue weighted by atomic mass is 10.0. The Bertz CT molecular complexity index is 850. The molecule has 0 saturated heterocycles. The molecule has 0 unspecified atom stereocenters. The lowest BCUT2D eigenvalue weighted by molar-refractivity contribution is -1.17. The smallest absolute Gasteiger partial charge is 0.196 e. The highest BCUT2D eigenvalue weighted by Gasteiger charge is 3.13. The fourth-order valence-corrected chi connectivity index (χ4v) is 5.55. The van der Waals surface area contributed by atoms with Crippen molar-refractivity contribution in [2.75, 3.05) is 0 Å². The van der Waals surface area contributed by atoms with E-state index in [-0.39, 0.29) is 0 Å². The molecule has 0 N–H and O–H groups in total. The van der Waals surface area contributed by atoms with Crippen LogP contribution >= 0.6 is 0 Å². The highest BCUT2D eigenvalue weighted by atomic mass is 28.3. The molecule has 1 nitrogen and oxygen atoms in total. The zero-order valence-electron chi connectivity index (χ0n) is 15.8. The Labute approximate surface area is 188 Å². The average Bonchev–Trinajstić information content (AvgIpc) is 2.55. The van der Waals surface area contributed by atoms with Gasteiger partial charge in [0.15, 0.2) is 0 Å². The van der Waals surface area contributed by atoms with Crippen molar-refractivity contribution < 1.29 is 119 Å². The molecule has 0 fully saturated rings. The summed E-state index contributed by atoms with van der Waals surface area (Å²) in [6, 6.07) is -10.0. The van der Waals surface area contributed by atoms with Gasteiger partial charge in [-0.05, 0) is 0 Å². The van der Waals surface area contributed by atoms with Crippen LogP contribution in [-0.4, -0.2) is 72.1 Å². The van der Waals surface area contributed by atoms with E-state index >= 15 is 0 Å². The fraction of sp³-hybridized carbons (Fsp3) is 1.00. The summed E-state index contributed by atoms with van der Waals surface area (Å²) in [6.45, 7) is 0. The van der Waals surface area contributed by atoms with E-state index in [9.17, 15) is 114 Å². The molecular weight excluding hydrogens is 656 g/mol. The third-order valence-corrected chi connectivity index (χ3v) is 8.31. The average molecular weight is 656 g/mol. The second-order valence-corrected chi connectivity index (χ2v) is 10.4. The minimum Gasteiger partial charge on any atom is -0.196 e. The molecule has 230 valence electrons. The zero-order valence-corrected chi connectivity index (χ0v) is 16.8. The standard InChI is InChI=1S/C10F26NSi/c11-1(12,2(13,14)5(19,20)21)3(15,16)7(25,26)37(35,36)38(9(29,30)31,10(32,33)34)8(27,28)4(17,18)6(22,23)24/q+1. The van der Waals surface area contributed by atoms with E-state index in [4.69, 9.17) is 0 Å². The van der Waals surface area contributed by atoms with Gasteiger partial charge in [0.1, 0.15) is 0 Å². The Hall–Kier alpha value is -1.64. The Kier molecular flexibility index (Phi) is 8.07. The number of alkyl halides is 24. The molecule has 0 atom stereocenters. The molecule has 0 radical (unpaired) electrons. The molecule has 0 saturated carbocycles. The Morgan fingerprint density at radius 2 is 0.605 bits per heavy atom. The van der Waals surface area contributed by atoms with Crippen LogP contribution in [0, 0.1) is 0 Å². The van der Waals surface area contributed by atoms with Gasteiger partial charge in [-0.3, -0.25) is 0 Å². The third-order valence-electron chi connectivity index (χ3n) is 4.32. The van der Waals surface area contributed by atoms with Crippen molar-refractivity contribution >= 4 is 8.24 Å². The first-order chi connectivity index (χ1) is 15.8. The van der Waals surface area contributed by atoms with Crippen molar-refractivity contribution in [3.63, 3.8) is 0 Å². The van der Waals surface area contributed by atoms with Crippen LogP contribution in [0.1, 0.15) is 0 Å². The Morgan fingerprint density at radius 1 is 0.342 bits per heavy atom. The second kappa shape index (κ2) is 8.43. The van der Waals surface area contributed by atoms with Gasteiger partial charge in [0.2, 0.25) is 0 Å². The highest BCUT2D eigenvalue weighted by molar-refractivity contribution is 6.79. The zero-order chi connectivity index (χ0) is 32.0. The summed E-state index contributed by atoms with van der Waals surface area (Å²) >= 11 is 0. The van der Waals surface area contributed by atoms with Gasteiger partial charge in [0.25, 0.3) is 0 Å². The first kappa shape index (κ1) is 36.4. The maximum Gasteiger partial charge on any atom is 0.666 e. The Morgan fingerprint density at radius 3 is 0.816 bits per heavy atom. The van der Waals surface area contributed by atoms with Crippen LogP contribution in [0.5, 0.6) is 0 Å². The van der Waals surface area contributed by atoms with Crippen molar-refractivity contribution in [2.45, 2.75) is 59.2 Å². The Balaban J connectivity index is 8.22. The van der Waals surface area contributed by atoms with E-state index in [0.717, 1.165) is 0 Å². The summed E-state index contributed by atoms with van der Waals surface area (Å²) in [6.07, 6.45) is -16.9. The van der Waals surface area contributed by atoms with Crippen LogP contribution in [0.2, 0.25) is 0 Å². The van der Waals surface area contributed by atoms with Crippen molar-refractivity contribution in [3.8, 4) is 0 Å².